The lowest BCUT2D eigenvalue weighted by atomic mass is 10.1. The van der Waals surface area contributed by atoms with Crippen molar-refractivity contribution in [3.05, 3.63) is 59.4 Å². The molecule has 28 heavy (non-hydrogen) atoms. The minimum absolute atomic E-state index is 0.0282. The predicted molar refractivity (Wildman–Crippen MR) is 97.1 cm³/mol. The van der Waals surface area contributed by atoms with Gasteiger partial charge in [-0.25, -0.2) is 17.6 Å². The molecule has 0 radical (unpaired) electrons. The monoisotopic (exact) mass is 389 g/mol. The number of hydrogen-bond acceptors (Lipinski definition) is 4. The molecule has 0 bridgehead atoms. The van der Waals surface area contributed by atoms with Gasteiger partial charge in [-0.1, -0.05) is 6.07 Å². The quantitative estimate of drug-likeness (QED) is 0.480. The lowest BCUT2D eigenvalue weighted by Gasteiger charge is -2.25. The first-order valence-corrected chi connectivity index (χ1v) is 8.48. The summed E-state index contributed by atoms with van der Waals surface area (Å²) in [7, 11) is 0. The van der Waals surface area contributed by atoms with Gasteiger partial charge < -0.3 is 4.90 Å². The number of hydrogen-bond donors (Lipinski definition) is 0. The fourth-order valence-electron chi connectivity index (χ4n) is 3.30. The molecule has 0 aliphatic heterocycles. The van der Waals surface area contributed by atoms with E-state index in [1.54, 1.807) is 30.4 Å². The van der Waals surface area contributed by atoms with Gasteiger partial charge in [0.2, 0.25) is 0 Å². The highest BCUT2D eigenvalue weighted by Crippen LogP contribution is 2.34. The SMILES string of the molecule is Cc1cc(F)cc(N(CC(F)F)c2nc3nnc(C)n3c3cccc(F)c23)c1. The zero-order chi connectivity index (χ0) is 20.0. The zero-order valence-corrected chi connectivity index (χ0v) is 15.0. The summed E-state index contributed by atoms with van der Waals surface area (Å²) in [5.74, 6) is -0.677. The molecule has 0 spiro atoms. The number of rotatable bonds is 4. The maximum atomic E-state index is 14.8. The molecule has 0 saturated heterocycles. The summed E-state index contributed by atoms with van der Waals surface area (Å²) in [6.45, 7) is 2.53. The molecule has 2 heterocycles. The van der Waals surface area contributed by atoms with Crippen LogP contribution in [0.15, 0.2) is 36.4 Å². The number of fused-ring (bicyclic) bond motifs is 3. The molecule has 0 unspecified atom stereocenters. The number of benzene rings is 2. The summed E-state index contributed by atoms with van der Waals surface area (Å²) in [5, 5.41) is 7.91. The maximum Gasteiger partial charge on any atom is 0.257 e. The van der Waals surface area contributed by atoms with Gasteiger partial charge in [-0.15, -0.1) is 10.2 Å². The summed E-state index contributed by atoms with van der Waals surface area (Å²) in [5.41, 5.74) is 1.07. The van der Waals surface area contributed by atoms with E-state index in [1.165, 1.54) is 18.2 Å². The average Bonchev–Trinajstić information content (AvgIpc) is 2.99. The summed E-state index contributed by atoms with van der Waals surface area (Å²) >= 11 is 0. The van der Waals surface area contributed by atoms with E-state index in [1.807, 2.05) is 0 Å². The molecule has 144 valence electrons. The molecule has 4 aromatic rings. The molecule has 0 N–H and O–H groups in total. The van der Waals surface area contributed by atoms with E-state index in [0.29, 0.717) is 16.9 Å². The minimum Gasteiger partial charge on any atom is -0.320 e. The molecule has 0 atom stereocenters. The van der Waals surface area contributed by atoms with E-state index in [4.69, 9.17) is 0 Å². The Kier molecular flexibility index (Phi) is 4.37. The molecule has 0 aliphatic carbocycles. The second-order valence-corrected chi connectivity index (χ2v) is 6.44. The van der Waals surface area contributed by atoms with Crippen LogP contribution in [0.25, 0.3) is 16.7 Å². The van der Waals surface area contributed by atoms with Gasteiger partial charge in [-0.2, -0.15) is 4.98 Å². The maximum absolute atomic E-state index is 14.8. The Balaban J connectivity index is 2.07. The highest BCUT2D eigenvalue weighted by molar-refractivity contribution is 5.94. The van der Waals surface area contributed by atoms with E-state index in [2.05, 4.69) is 15.2 Å². The zero-order valence-electron chi connectivity index (χ0n) is 15.0. The Morgan fingerprint density at radius 3 is 2.57 bits per heavy atom. The van der Waals surface area contributed by atoms with Crippen molar-refractivity contribution in [3.63, 3.8) is 0 Å². The van der Waals surface area contributed by atoms with Crippen molar-refractivity contribution >= 4 is 28.2 Å². The molecule has 2 aromatic heterocycles. The van der Waals surface area contributed by atoms with Crippen LogP contribution in [0.3, 0.4) is 0 Å². The number of aromatic nitrogens is 4. The van der Waals surface area contributed by atoms with Crippen LogP contribution in [0.5, 0.6) is 0 Å². The van der Waals surface area contributed by atoms with Crippen molar-refractivity contribution < 1.29 is 17.6 Å². The Morgan fingerprint density at radius 1 is 1.07 bits per heavy atom. The Labute approximate surface area is 157 Å². The molecule has 0 amide bonds. The fourth-order valence-corrected chi connectivity index (χ4v) is 3.30. The Morgan fingerprint density at radius 2 is 1.86 bits per heavy atom. The van der Waals surface area contributed by atoms with E-state index < -0.39 is 24.6 Å². The lowest BCUT2D eigenvalue weighted by molar-refractivity contribution is 0.158. The van der Waals surface area contributed by atoms with Crippen molar-refractivity contribution in [2.75, 3.05) is 11.4 Å². The van der Waals surface area contributed by atoms with Gasteiger partial charge in [-0.3, -0.25) is 4.40 Å². The Hall–Kier alpha value is -3.23. The van der Waals surface area contributed by atoms with Gasteiger partial charge in [0.25, 0.3) is 12.2 Å². The van der Waals surface area contributed by atoms with Crippen LogP contribution in [0.1, 0.15) is 11.4 Å². The smallest absolute Gasteiger partial charge is 0.257 e. The summed E-state index contributed by atoms with van der Waals surface area (Å²) in [4.78, 5) is 5.40. The van der Waals surface area contributed by atoms with E-state index >= 15 is 0 Å². The van der Waals surface area contributed by atoms with Crippen LogP contribution in [0.2, 0.25) is 0 Å². The summed E-state index contributed by atoms with van der Waals surface area (Å²) in [6, 6.07) is 8.29. The van der Waals surface area contributed by atoms with Crippen LogP contribution in [-0.2, 0) is 0 Å². The molecule has 2 aromatic carbocycles. The fraction of sp³-hybridized carbons (Fsp3) is 0.211. The molecule has 0 fully saturated rings. The first kappa shape index (κ1) is 18.1. The van der Waals surface area contributed by atoms with Crippen molar-refractivity contribution in [3.8, 4) is 0 Å². The van der Waals surface area contributed by atoms with Crippen LogP contribution in [0, 0.1) is 25.5 Å². The number of nitrogens with zero attached hydrogens (tertiary/aromatic N) is 5. The van der Waals surface area contributed by atoms with Gasteiger partial charge in [0.1, 0.15) is 23.3 Å². The van der Waals surface area contributed by atoms with Crippen molar-refractivity contribution in [2.45, 2.75) is 20.3 Å². The largest absolute Gasteiger partial charge is 0.320 e. The van der Waals surface area contributed by atoms with Gasteiger partial charge in [-0.05, 0) is 49.7 Å². The first-order valence-electron chi connectivity index (χ1n) is 8.48. The number of aryl methyl sites for hydroxylation is 2. The summed E-state index contributed by atoms with van der Waals surface area (Å²) < 4.78 is 57.1. The second-order valence-electron chi connectivity index (χ2n) is 6.44. The number of anilines is 2. The first-order chi connectivity index (χ1) is 13.3. The molecular weight excluding hydrogens is 374 g/mol. The van der Waals surface area contributed by atoms with Gasteiger partial charge >= 0.3 is 0 Å². The third kappa shape index (κ3) is 3.02. The highest BCUT2D eigenvalue weighted by atomic mass is 19.3. The number of halogens is 4. The molecule has 5 nitrogen and oxygen atoms in total. The van der Waals surface area contributed by atoms with Gasteiger partial charge in [0.05, 0.1) is 17.4 Å². The van der Waals surface area contributed by atoms with Gasteiger partial charge in [0, 0.05) is 5.69 Å². The van der Waals surface area contributed by atoms with Crippen LogP contribution in [0.4, 0.5) is 29.1 Å². The van der Waals surface area contributed by atoms with Crippen LogP contribution >= 0.6 is 0 Å². The summed E-state index contributed by atoms with van der Waals surface area (Å²) in [6.07, 6.45) is -2.76. The second kappa shape index (κ2) is 6.74. The third-order valence-corrected chi connectivity index (χ3v) is 4.38. The third-order valence-electron chi connectivity index (χ3n) is 4.38. The van der Waals surface area contributed by atoms with Crippen molar-refractivity contribution in [2.24, 2.45) is 0 Å². The topological polar surface area (TPSA) is 46.3 Å². The molecular formula is C19H15F4N5. The van der Waals surface area contributed by atoms with E-state index in [-0.39, 0.29) is 22.7 Å². The molecule has 0 saturated carbocycles. The molecule has 0 aliphatic rings. The van der Waals surface area contributed by atoms with Crippen LogP contribution in [-0.4, -0.2) is 32.6 Å². The predicted octanol–water partition coefficient (Wildman–Crippen LogP) is 4.58. The van der Waals surface area contributed by atoms with Crippen molar-refractivity contribution in [1.82, 2.24) is 19.6 Å². The van der Waals surface area contributed by atoms with Gasteiger partial charge in [0.15, 0.2) is 0 Å². The standard InChI is InChI=1S/C19H15F4N5/c1-10-6-12(20)8-13(7-10)27(9-16(22)23)18-17-14(21)4-3-5-15(17)28-11(2)25-26-19(28)24-18/h3-8,16H,9H2,1-2H3. The number of alkyl halides is 2. The van der Waals surface area contributed by atoms with Crippen LogP contribution < -0.4 is 4.90 Å². The minimum atomic E-state index is -2.76. The van der Waals surface area contributed by atoms with E-state index in [9.17, 15) is 17.6 Å². The average molecular weight is 389 g/mol. The van der Waals surface area contributed by atoms with E-state index in [0.717, 1.165) is 11.0 Å². The highest BCUT2D eigenvalue weighted by Gasteiger charge is 2.24. The van der Waals surface area contributed by atoms with Crippen molar-refractivity contribution in [1.29, 1.82) is 0 Å². The lowest BCUT2D eigenvalue weighted by Crippen LogP contribution is -2.26. The molecule has 4 rings (SSSR count). The molecule has 9 heteroatoms. The Bertz CT molecular complexity index is 1170. The normalized spacial score (nSPS) is 11.7.